The van der Waals surface area contributed by atoms with E-state index in [1.165, 1.54) is 4.90 Å². The highest BCUT2D eigenvalue weighted by atomic mass is 16.6. The second kappa shape index (κ2) is 36.2. The SMILES string of the molecule is CCc1c2c(nc3ccccc13)-c1cc3c(c(=O)n1C2)COC(=O)[C@@]3(CC)OC(=O)[C@@H](NC(=O)[C@@H]1CCCN1C(=O)[C@H](CC(=O)O)NC(=O)CCOCCOCCOCCNC(=O)CCCC(=O)NCCCC[C@H](N)C(=O)NCCCCCCCC(=O)O)C(C)C. The number of nitrogens with zero attached hydrogens (tertiary/aromatic N) is 3. The van der Waals surface area contributed by atoms with Crippen LogP contribution < -0.4 is 37.9 Å². The molecule has 3 aliphatic rings. The number of hydrogen-bond donors (Lipinski definition) is 8. The van der Waals surface area contributed by atoms with Gasteiger partial charge in [0, 0.05) is 68.4 Å². The van der Waals surface area contributed by atoms with Crippen molar-refractivity contribution in [1.82, 2.24) is 41.0 Å². The number of rotatable bonds is 41. The van der Waals surface area contributed by atoms with E-state index in [2.05, 4.69) is 26.6 Å². The van der Waals surface area contributed by atoms with Crippen molar-refractivity contribution in [1.29, 1.82) is 0 Å². The molecular weight excluding hydrogens is 1180 g/mol. The normalized spacial score (nSPS) is 16.6. The Hall–Kier alpha value is -7.88. The van der Waals surface area contributed by atoms with Crippen LogP contribution in [-0.2, 0) is 96.8 Å². The molecule has 3 aliphatic heterocycles. The molecule has 3 aromatic rings. The van der Waals surface area contributed by atoms with Gasteiger partial charge in [-0.1, -0.05) is 65.2 Å². The lowest BCUT2D eigenvalue weighted by molar-refractivity contribution is -0.191. The molecule has 0 spiro atoms. The molecule has 9 N–H and O–H groups in total. The van der Waals surface area contributed by atoms with Gasteiger partial charge in [-0.2, -0.15) is 0 Å². The Morgan fingerprint density at radius 1 is 0.747 bits per heavy atom. The third kappa shape index (κ3) is 20.6. The van der Waals surface area contributed by atoms with Gasteiger partial charge in [0.25, 0.3) is 5.56 Å². The Labute approximate surface area is 529 Å². The van der Waals surface area contributed by atoms with Crippen LogP contribution >= 0.6 is 0 Å². The van der Waals surface area contributed by atoms with E-state index in [9.17, 15) is 57.8 Å². The van der Waals surface area contributed by atoms with Crippen LogP contribution in [0.5, 0.6) is 0 Å². The van der Waals surface area contributed by atoms with Crippen LogP contribution in [0.25, 0.3) is 22.3 Å². The average molecular weight is 1270 g/mol. The third-order valence-electron chi connectivity index (χ3n) is 16.4. The van der Waals surface area contributed by atoms with Gasteiger partial charge in [-0.3, -0.25) is 43.2 Å². The van der Waals surface area contributed by atoms with E-state index in [1.54, 1.807) is 31.4 Å². The first kappa shape index (κ1) is 72.2. The first-order valence-corrected chi connectivity index (χ1v) is 31.9. The summed E-state index contributed by atoms with van der Waals surface area (Å²) in [5.41, 5.74) is 7.54. The van der Waals surface area contributed by atoms with Crippen molar-refractivity contribution >= 4 is 70.2 Å². The molecule has 27 heteroatoms. The lowest BCUT2D eigenvalue weighted by atomic mass is 9.85. The quantitative estimate of drug-likeness (QED) is 0.0234. The lowest BCUT2D eigenvalue weighted by Crippen LogP contribution is -2.57. The summed E-state index contributed by atoms with van der Waals surface area (Å²) in [6.07, 6.45) is 6.87. The number of aryl methyl sites for hydroxylation is 1. The smallest absolute Gasteiger partial charge is 0.355 e. The van der Waals surface area contributed by atoms with Crippen molar-refractivity contribution in [3.8, 4) is 11.4 Å². The second-order valence-electron chi connectivity index (χ2n) is 23.4. The van der Waals surface area contributed by atoms with Crippen molar-refractivity contribution < 1.29 is 81.8 Å². The van der Waals surface area contributed by atoms with Crippen molar-refractivity contribution in [3.63, 3.8) is 0 Å². The molecule has 5 atom stereocenters. The van der Waals surface area contributed by atoms with Crippen LogP contribution in [0.2, 0.25) is 0 Å². The maximum absolute atomic E-state index is 14.4. The number of aliphatic carboxylic acids is 2. The van der Waals surface area contributed by atoms with Crippen molar-refractivity contribution in [3.05, 3.63) is 62.9 Å². The molecule has 0 aliphatic carbocycles. The van der Waals surface area contributed by atoms with E-state index in [0.717, 1.165) is 47.7 Å². The summed E-state index contributed by atoms with van der Waals surface area (Å²) < 4.78 is 29.8. The van der Waals surface area contributed by atoms with E-state index < -0.39 is 89.3 Å². The van der Waals surface area contributed by atoms with Gasteiger partial charge in [-0.25, -0.2) is 14.6 Å². The predicted octanol–water partition coefficient (Wildman–Crippen LogP) is 3.17. The highest BCUT2D eigenvalue weighted by Gasteiger charge is 2.52. The van der Waals surface area contributed by atoms with E-state index in [0.29, 0.717) is 69.4 Å². The minimum absolute atomic E-state index is 0.0552. The summed E-state index contributed by atoms with van der Waals surface area (Å²) in [5.74, 6) is -7.49. The van der Waals surface area contributed by atoms with E-state index >= 15 is 0 Å². The third-order valence-corrected chi connectivity index (χ3v) is 16.4. The highest BCUT2D eigenvalue weighted by molar-refractivity contribution is 5.96. The molecule has 6 rings (SSSR count). The summed E-state index contributed by atoms with van der Waals surface area (Å²) in [5, 5.41) is 33.0. The number of para-hydroxylation sites is 1. The summed E-state index contributed by atoms with van der Waals surface area (Å²) in [4.78, 5) is 149. The maximum atomic E-state index is 14.4. The van der Waals surface area contributed by atoms with Crippen molar-refractivity contribution in [2.45, 2.75) is 186 Å². The van der Waals surface area contributed by atoms with E-state index in [-0.39, 0.29) is 133 Å². The number of unbranched alkanes of at least 4 members (excludes halogenated alkanes) is 5. The standard InChI is InChI=1S/C64H91N9O18/c1-5-41-42-18-11-12-20-47(42)70-57-43(41)38-73-50(57)36-45-44(60(73)83)39-90-63(86)64(45,6-2)91-62(85)56(40(3)4)71-59(82)49-21-17-29-72(49)61(84)48(37-55(79)80)69-53(76)25-30-87-32-34-89-35-33-88-31-28-67-52(75)23-16-22-51(74)66-26-15-13-19-46(65)58(81)68-27-14-9-7-8-10-24-54(77)78/h11-12,18,20,36,40,46,48-49,56H,5-10,13-17,19,21-35,37-39,65H2,1-4H3,(H,66,74)(H,67,75)(H,68,81)(H,69,76)(H,71,82)(H,77,78)(H,79,80)/t46-,48-,49-,56-,64-/m0/s1. The second-order valence-corrected chi connectivity index (χ2v) is 23.4. The molecule has 0 saturated carbocycles. The van der Waals surface area contributed by atoms with Gasteiger partial charge in [-0.05, 0) is 87.8 Å². The van der Waals surface area contributed by atoms with Crippen LogP contribution in [-0.4, -0.2) is 174 Å². The predicted molar refractivity (Wildman–Crippen MR) is 331 cm³/mol. The number of nitrogens with two attached hydrogens (primary N) is 1. The number of cyclic esters (lactones) is 1. The topological polar surface area (TPSA) is 382 Å². The molecule has 0 radical (unpaired) electrons. The Bertz CT molecular complexity index is 3120. The van der Waals surface area contributed by atoms with Gasteiger partial charge < -0.3 is 75.7 Å². The number of hydrogen-bond acceptors (Lipinski definition) is 18. The Morgan fingerprint density at radius 2 is 1.41 bits per heavy atom. The fourth-order valence-electron chi connectivity index (χ4n) is 11.5. The van der Waals surface area contributed by atoms with Crippen LogP contribution in [0, 0.1) is 5.92 Å². The number of carboxylic acids is 2. The first-order chi connectivity index (χ1) is 43.7. The summed E-state index contributed by atoms with van der Waals surface area (Å²) in [6.45, 7) is 9.00. The van der Waals surface area contributed by atoms with Gasteiger partial charge in [0.15, 0.2) is 0 Å². The molecule has 2 aromatic heterocycles. The summed E-state index contributed by atoms with van der Waals surface area (Å²) in [7, 11) is 0. The Morgan fingerprint density at radius 3 is 2.10 bits per heavy atom. The molecule has 91 heavy (non-hydrogen) atoms. The zero-order valence-corrected chi connectivity index (χ0v) is 52.8. The molecule has 1 saturated heterocycles. The number of benzene rings is 1. The van der Waals surface area contributed by atoms with Gasteiger partial charge in [-0.15, -0.1) is 0 Å². The van der Waals surface area contributed by atoms with Gasteiger partial charge in [0.05, 0.1) is 81.1 Å². The number of aromatic nitrogens is 2. The largest absolute Gasteiger partial charge is 0.481 e. The van der Waals surface area contributed by atoms with Crippen LogP contribution in [0.15, 0.2) is 35.1 Å². The number of amides is 6. The zero-order valence-electron chi connectivity index (χ0n) is 52.8. The number of pyridine rings is 2. The molecule has 1 fully saturated rings. The van der Waals surface area contributed by atoms with Gasteiger partial charge in [0.2, 0.25) is 41.0 Å². The minimum atomic E-state index is -2.07. The lowest BCUT2D eigenvalue weighted by Gasteiger charge is -2.37. The van der Waals surface area contributed by atoms with Gasteiger partial charge >= 0.3 is 23.9 Å². The highest BCUT2D eigenvalue weighted by Crippen LogP contribution is 2.42. The monoisotopic (exact) mass is 1270 g/mol. The molecule has 0 unspecified atom stereocenters. The maximum Gasteiger partial charge on any atom is 0.355 e. The summed E-state index contributed by atoms with van der Waals surface area (Å²) >= 11 is 0. The van der Waals surface area contributed by atoms with Crippen molar-refractivity contribution in [2.24, 2.45) is 11.7 Å². The number of carbonyl (C=O) groups excluding carboxylic acids is 8. The molecule has 500 valence electrons. The Balaban J connectivity index is 0.842. The molecule has 0 bridgehead atoms. The number of esters is 2. The molecular formula is C64H91N9O18. The van der Waals surface area contributed by atoms with Crippen LogP contribution in [0.1, 0.15) is 159 Å². The number of ether oxygens (including phenoxy) is 5. The number of fused-ring (bicyclic) bond motifs is 5. The average Bonchev–Trinajstić information content (AvgIpc) is 1.68. The number of nitrogens with one attached hydrogen (secondary N) is 5. The Kier molecular flexibility index (Phi) is 28.7. The van der Waals surface area contributed by atoms with Gasteiger partial charge in [0.1, 0.15) is 24.7 Å². The number of likely N-dealkylation sites (tertiary alicyclic amines) is 1. The molecule has 27 nitrogen and oxygen atoms in total. The number of carbonyl (C=O) groups is 10. The minimum Gasteiger partial charge on any atom is -0.481 e. The van der Waals surface area contributed by atoms with Crippen LogP contribution in [0.3, 0.4) is 0 Å². The fraction of sp³-hybridized carbons (Fsp3) is 0.625. The van der Waals surface area contributed by atoms with Crippen molar-refractivity contribution in [2.75, 3.05) is 65.8 Å². The van der Waals surface area contributed by atoms with Crippen LogP contribution in [0.4, 0.5) is 0 Å². The molecule has 1 aromatic carbocycles. The summed E-state index contributed by atoms with van der Waals surface area (Å²) in [6, 6.07) is 4.68. The zero-order chi connectivity index (χ0) is 66.0. The fourth-order valence-corrected chi connectivity index (χ4v) is 11.5. The van der Waals surface area contributed by atoms with E-state index in [1.807, 2.05) is 31.2 Å². The first-order valence-electron chi connectivity index (χ1n) is 31.9. The van der Waals surface area contributed by atoms with E-state index in [4.69, 9.17) is 39.5 Å². The molecule has 5 heterocycles. The number of carboxylic acid groups (broad SMARTS) is 2. The molecule has 6 amide bonds.